The Bertz CT molecular complexity index is 793. The molecule has 2 heterocycles. The van der Waals surface area contributed by atoms with Crippen LogP contribution < -0.4 is 11.6 Å². The van der Waals surface area contributed by atoms with Crippen molar-refractivity contribution < 1.29 is 14.0 Å². The molecule has 1 aliphatic heterocycles. The van der Waals surface area contributed by atoms with Gasteiger partial charge < -0.3 is 14.1 Å². The smallest absolute Gasteiger partial charge is 0.351 e. The van der Waals surface area contributed by atoms with Crippen LogP contribution in [0, 0.1) is 3.57 Å². The lowest BCUT2D eigenvalue weighted by atomic mass is 10.2. The van der Waals surface area contributed by atoms with E-state index in [-0.39, 0.29) is 17.2 Å². The molecule has 29 heavy (non-hydrogen) atoms. The minimum atomic E-state index is -1.94. The van der Waals surface area contributed by atoms with Gasteiger partial charge in [-0.05, 0) is 40.7 Å². The van der Waals surface area contributed by atoms with Crippen molar-refractivity contribution in [1.82, 2.24) is 14.5 Å². The third kappa shape index (κ3) is 6.07. The maximum Gasteiger partial charge on any atom is 0.351 e. The molecule has 1 fully saturated rings. The Kier molecular flexibility index (Phi) is 8.01. The Labute approximate surface area is 186 Å². The van der Waals surface area contributed by atoms with Crippen molar-refractivity contribution in [2.75, 3.05) is 20.7 Å². The van der Waals surface area contributed by atoms with Gasteiger partial charge in [-0.1, -0.05) is 20.8 Å². The molecule has 3 atom stereocenters. The average Bonchev–Trinajstić information content (AvgIpc) is 3.02. The molecular formula is C18H32IN5O4Si. The van der Waals surface area contributed by atoms with Crippen molar-refractivity contribution in [2.24, 2.45) is 10.9 Å². The molecule has 1 saturated heterocycles. The van der Waals surface area contributed by atoms with Gasteiger partial charge in [0.05, 0.1) is 16.5 Å². The summed E-state index contributed by atoms with van der Waals surface area (Å²) in [6.45, 7) is 11.3. The van der Waals surface area contributed by atoms with Crippen LogP contribution >= 0.6 is 22.6 Å². The first-order chi connectivity index (χ1) is 13.4. The molecule has 0 aromatic carbocycles. The minimum absolute atomic E-state index is 0.0873. The number of hydrogen-bond donors (Lipinski definition) is 1. The fraction of sp³-hybridized carbons (Fsp3) is 0.722. The van der Waals surface area contributed by atoms with Gasteiger partial charge in [0.2, 0.25) is 0 Å². The SMILES string of the molecule is CN(C)/C=N/c1nc(=O)n([C@H]2CC(ON)[C@@H](CO[Si](C)(C)C(C)(C)C)O2)cc1I. The van der Waals surface area contributed by atoms with Crippen LogP contribution in [0.3, 0.4) is 0 Å². The molecule has 0 amide bonds. The maximum atomic E-state index is 12.6. The summed E-state index contributed by atoms with van der Waals surface area (Å²) in [5, 5.41) is 0.0873. The third-order valence-electron chi connectivity index (χ3n) is 5.38. The van der Waals surface area contributed by atoms with Crippen LogP contribution in [0.25, 0.3) is 0 Å². The summed E-state index contributed by atoms with van der Waals surface area (Å²) in [6.07, 6.45) is 2.52. The first-order valence-corrected chi connectivity index (χ1v) is 13.5. The van der Waals surface area contributed by atoms with Gasteiger partial charge in [0, 0.05) is 26.7 Å². The van der Waals surface area contributed by atoms with Crippen LogP contribution in [-0.2, 0) is 14.0 Å². The quantitative estimate of drug-likeness (QED) is 0.188. The van der Waals surface area contributed by atoms with Crippen molar-refractivity contribution in [1.29, 1.82) is 0 Å². The number of hydrogen-bond acceptors (Lipinski definition) is 7. The zero-order valence-electron chi connectivity index (χ0n) is 18.2. The van der Waals surface area contributed by atoms with Gasteiger partial charge in [-0.25, -0.2) is 15.7 Å². The lowest BCUT2D eigenvalue weighted by molar-refractivity contribution is -0.0605. The van der Waals surface area contributed by atoms with E-state index in [1.807, 2.05) is 14.1 Å². The first kappa shape index (κ1) is 24.4. The lowest BCUT2D eigenvalue weighted by Crippen LogP contribution is -2.44. The zero-order valence-corrected chi connectivity index (χ0v) is 21.3. The van der Waals surface area contributed by atoms with Crippen molar-refractivity contribution in [3.05, 3.63) is 20.3 Å². The summed E-state index contributed by atoms with van der Waals surface area (Å²) < 4.78 is 14.6. The molecule has 1 unspecified atom stereocenters. The van der Waals surface area contributed by atoms with Crippen molar-refractivity contribution in [3.63, 3.8) is 0 Å². The van der Waals surface area contributed by atoms with E-state index in [0.29, 0.717) is 18.8 Å². The molecule has 9 nitrogen and oxygen atoms in total. The van der Waals surface area contributed by atoms with Crippen LogP contribution in [0.2, 0.25) is 18.1 Å². The van der Waals surface area contributed by atoms with Crippen LogP contribution in [0.5, 0.6) is 0 Å². The normalized spacial score (nSPS) is 23.1. The fourth-order valence-corrected chi connectivity index (χ4v) is 4.15. The highest BCUT2D eigenvalue weighted by molar-refractivity contribution is 14.1. The van der Waals surface area contributed by atoms with E-state index in [9.17, 15) is 4.79 Å². The van der Waals surface area contributed by atoms with Gasteiger partial charge in [-0.3, -0.25) is 9.40 Å². The summed E-state index contributed by atoms with van der Waals surface area (Å²) >= 11 is 2.11. The molecule has 0 bridgehead atoms. The largest absolute Gasteiger partial charge is 0.414 e. The number of aromatic nitrogens is 2. The number of nitrogens with zero attached hydrogens (tertiary/aromatic N) is 4. The van der Waals surface area contributed by atoms with E-state index in [0.717, 1.165) is 3.57 Å². The summed E-state index contributed by atoms with van der Waals surface area (Å²) in [7, 11) is 1.76. The summed E-state index contributed by atoms with van der Waals surface area (Å²) in [6, 6.07) is 0. The van der Waals surface area contributed by atoms with Crippen molar-refractivity contribution >= 4 is 43.1 Å². The van der Waals surface area contributed by atoms with E-state index in [1.54, 1.807) is 17.4 Å². The van der Waals surface area contributed by atoms with Gasteiger partial charge in [0.1, 0.15) is 18.4 Å². The molecule has 1 aromatic heterocycles. The van der Waals surface area contributed by atoms with Crippen LogP contribution in [0.4, 0.5) is 5.82 Å². The highest BCUT2D eigenvalue weighted by Crippen LogP contribution is 2.38. The molecule has 164 valence electrons. The summed E-state index contributed by atoms with van der Waals surface area (Å²) in [5.74, 6) is 5.87. The second-order valence-corrected chi connectivity index (χ2v) is 14.9. The van der Waals surface area contributed by atoms with Gasteiger partial charge >= 0.3 is 5.69 Å². The second kappa shape index (κ2) is 9.52. The van der Waals surface area contributed by atoms with E-state index in [4.69, 9.17) is 19.9 Å². The maximum absolute atomic E-state index is 12.6. The second-order valence-electron chi connectivity index (χ2n) is 8.92. The van der Waals surface area contributed by atoms with Crippen molar-refractivity contribution in [2.45, 2.75) is 63.8 Å². The van der Waals surface area contributed by atoms with Crippen LogP contribution in [0.1, 0.15) is 33.4 Å². The summed E-state index contributed by atoms with van der Waals surface area (Å²) in [4.78, 5) is 27.8. The number of aliphatic imine (C=N–C) groups is 1. The lowest BCUT2D eigenvalue weighted by Gasteiger charge is -2.37. The Morgan fingerprint density at radius 1 is 1.48 bits per heavy atom. The van der Waals surface area contributed by atoms with E-state index < -0.39 is 20.2 Å². The Balaban J connectivity index is 2.17. The van der Waals surface area contributed by atoms with E-state index >= 15 is 0 Å². The average molecular weight is 537 g/mol. The minimum Gasteiger partial charge on any atom is -0.414 e. The number of ether oxygens (including phenoxy) is 1. The highest BCUT2D eigenvalue weighted by Gasteiger charge is 2.42. The molecule has 11 heteroatoms. The van der Waals surface area contributed by atoms with Gasteiger partial charge in [-0.15, -0.1) is 0 Å². The molecule has 1 aliphatic rings. The third-order valence-corrected chi connectivity index (χ3v) is 10.6. The monoisotopic (exact) mass is 537 g/mol. The molecule has 0 radical (unpaired) electrons. The highest BCUT2D eigenvalue weighted by atomic mass is 127. The number of rotatable bonds is 7. The zero-order chi connectivity index (χ0) is 22.0. The predicted octanol–water partition coefficient (Wildman–Crippen LogP) is 2.64. The van der Waals surface area contributed by atoms with Crippen LogP contribution in [0.15, 0.2) is 16.0 Å². The number of halogens is 1. The molecule has 1 aromatic rings. The predicted molar refractivity (Wildman–Crippen MR) is 124 cm³/mol. The van der Waals surface area contributed by atoms with Gasteiger partial charge in [0.15, 0.2) is 14.1 Å². The van der Waals surface area contributed by atoms with Gasteiger partial charge in [0.25, 0.3) is 0 Å². The molecule has 2 N–H and O–H groups in total. The standard InChI is InChI=1S/C18H32IN5O4Si/c1-18(2,3)29(6,7)26-10-14-13(28-20)8-15(27-14)24-9-12(19)16(22-17(24)25)21-11-23(4)5/h9,11,13-15H,8,10,20H2,1-7H3/b21-11+/t13?,14-,15-/m1/s1. The molecule has 0 saturated carbocycles. The Morgan fingerprint density at radius 2 is 2.14 bits per heavy atom. The Hall–Kier alpha value is -0.863. The Morgan fingerprint density at radius 3 is 2.69 bits per heavy atom. The molecule has 2 rings (SSSR count). The summed E-state index contributed by atoms with van der Waals surface area (Å²) in [5.41, 5.74) is -0.428. The number of nitrogens with two attached hydrogens (primary N) is 1. The van der Waals surface area contributed by atoms with Crippen molar-refractivity contribution in [3.8, 4) is 0 Å². The topological polar surface area (TPSA) is 104 Å². The first-order valence-electron chi connectivity index (χ1n) is 9.50. The van der Waals surface area contributed by atoms with Crippen LogP contribution in [-0.4, -0.2) is 62.0 Å². The molecule has 0 spiro atoms. The van der Waals surface area contributed by atoms with E-state index in [2.05, 4.69) is 66.4 Å². The van der Waals surface area contributed by atoms with Gasteiger partial charge in [-0.2, -0.15) is 4.98 Å². The fourth-order valence-electron chi connectivity index (χ4n) is 2.58. The molecular weight excluding hydrogens is 505 g/mol. The van der Waals surface area contributed by atoms with E-state index in [1.165, 1.54) is 4.57 Å². The molecule has 0 aliphatic carbocycles.